The van der Waals surface area contributed by atoms with Crippen molar-refractivity contribution >= 4 is 11.4 Å². The molecule has 1 aromatic rings. The second-order valence-electron chi connectivity index (χ2n) is 3.42. The molecular formula is C12H20N2. The highest BCUT2D eigenvalue weighted by Crippen LogP contribution is 2.22. The number of nitrogens with zero attached hydrogens (tertiary/aromatic N) is 1. The van der Waals surface area contributed by atoms with Gasteiger partial charge in [-0.05, 0) is 44.5 Å². The van der Waals surface area contributed by atoms with E-state index in [9.17, 15) is 0 Å². The zero-order chi connectivity index (χ0) is 10.6. The number of nitrogens with one attached hydrogen (secondary N) is 1. The fourth-order valence-corrected chi connectivity index (χ4v) is 1.73. The zero-order valence-electron chi connectivity index (χ0n) is 9.59. The van der Waals surface area contributed by atoms with Gasteiger partial charge in [0.1, 0.15) is 0 Å². The maximum absolute atomic E-state index is 3.15. The van der Waals surface area contributed by atoms with Gasteiger partial charge in [0.15, 0.2) is 0 Å². The Kier molecular flexibility index (Phi) is 3.81. The number of anilines is 2. The van der Waals surface area contributed by atoms with Gasteiger partial charge in [-0.3, -0.25) is 0 Å². The van der Waals surface area contributed by atoms with Crippen molar-refractivity contribution in [2.75, 3.05) is 30.4 Å². The van der Waals surface area contributed by atoms with E-state index in [-0.39, 0.29) is 0 Å². The normalized spacial score (nSPS) is 10.0. The summed E-state index contributed by atoms with van der Waals surface area (Å²) in [6.07, 6.45) is 0. The molecular weight excluding hydrogens is 172 g/mol. The van der Waals surface area contributed by atoms with Crippen LogP contribution in [0.25, 0.3) is 0 Å². The first-order valence-electron chi connectivity index (χ1n) is 5.26. The Bertz CT molecular complexity index is 290. The molecule has 0 saturated heterocycles. The molecule has 0 spiro atoms. The van der Waals surface area contributed by atoms with E-state index in [2.05, 4.69) is 49.2 Å². The van der Waals surface area contributed by atoms with E-state index < -0.39 is 0 Å². The Morgan fingerprint density at radius 1 is 1.21 bits per heavy atom. The molecule has 0 bridgehead atoms. The molecule has 0 aliphatic carbocycles. The minimum absolute atomic E-state index is 1.07. The summed E-state index contributed by atoms with van der Waals surface area (Å²) >= 11 is 0. The molecule has 0 saturated carbocycles. The minimum atomic E-state index is 1.07. The first kappa shape index (κ1) is 10.9. The molecule has 0 heterocycles. The van der Waals surface area contributed by atoms with E-state index in [1.807, 2.05) is 7.05 Å². The Morgan fingerprint density at radius 3 is 2.29 bits per heavy atom. The first-order valence-corrected chi connectivity index (χ1v) is 5.26. The summed E-state index contributed by atoms with van der Waals surface area (Å²) in [5, 5.41) is 3.15. The van der Waals surface area contributed by atoms with Gasteiger partial charge >= 0.3 is 0 Å². The predicted octanol–water partition coefficient (Wildman–Crippen LogP) is 2.88. The average molecular weight is 192 g/mol. The summed E-state index contributed by atoms with van der Waals surface area (Å²) < 4.78 is 0. The van der Waals surface area contributed by atoms with Crippen molar-refractivity contribution < 1.29 is 0 Å². The second kappa shape index (κ2) is 4.89. The number of benzene rings is 1. The van der Waals surface area contributed by atoms with Crippen LogP contribution in [-0.2, 0) is 0 Å². The van der Waals surface area contributed by atoms with Crippen LogP contribution >= 0.6 is 0 Å². The van der Waals surface area contributed by atoms with Crippen LogP contribution in [0.5, 0.6) is 0 Å². The summed E-state index contributed by atoms with van der Waals surface area (Å²) in [6.45, 7) is 8.67. The lowest BCUT2D eigenvalue weighted by molar-refractivity contribution is 0.862. The summed E-state index contributed by atoms with van der Waals surface area (Å²) in [6, 6.07) is 6.50. The molecule has 78 valence electrons. The highest BCUT2D eigenvalue weighted by molar-refractivity contribution is 5.60. The average Bonchev–Trinajstić information content (AvgIpc) is 2.22. The van der Waals surface area contributed by atoms with Crippen molar-refractivity contribution in [3.63, 3.8) is 0 Å². The smallest absolute Gasteiger partial charge is 0.0397 e. The molecule has 0 aliphatic heterocycles. The van der Waals surface area contributed by atoms with Gasteiger partial charge in [-0.1, -0.05) is 0 Å². The predicted molar refractivity (Wildman–Crippen MR) is 64.3 cm³/mol. The Labute approximate surface area is 86.9 Å². The highest BCUT2D eigenvalue weighted by atomic mass is 15.1. The second-order valence-corrected chi connectivity index (χ2v) is 3.42. The number of hydrogen-bond acceptors (Lipinski definition) is 2. The van der Waals surface area contributed by atoms with Crippen molar-refractivity contribution in [3.05, 3.63) is 23.8 Å². The van der Waals surface area contributed by atoms with Crippen LogP contribution in [0.4, 0.5) is 11.4 Å². The van der Waals surface area contributed by atoms with Gasteiger partial charge in [-0.15, -0.1) is 0 Å². The highest BCUT2D eigenvalue weighted by Gasteiger charge is 2.04. The van der Waals surface area contributed by atoms with Crippen molar-refractivity contribution in [1.29, 1.82) is 0 Å². The molecule has 1 N–H and O–H groups in total. The van der Waals surface area contributed by atoms with Crippen LogP contribution in [0.1, 0.15) is 19.4 Å². The number of aryl methyl sites for hydroxylation is 1. The maximum Gasteiger partial charge on any atom is 0.0397 e. The molecule has 1 aromatic carbocycles. The molecule has 2 heteroatoms. The van der Waals surface area contributed by atoms with Gasteiger partial charge in [0, 0.05) is 31.5 Å². The lowest BCUT2D eigenvalue weighted by Gasteiger charge is -2.23. The molecule has 0 aromatic heterocycles. The SMILES string of the molecule is CCN(CC)c1ccc(NC)cc1C. The maximum atomic E-state index is 3.15. The van der Waals surface area contributed by atoms with E-state index in [1.165, 1.54) is 16.9 Å². The van der Waals surface area contributed by atoms with E-state index in [1.54, 1.807) is 0 Å². The van der Waals surface area contributed by atoms with Crippen LogP contribution in [0.2, 0.25) is 0 Å². The van der Waals surface area contributed by atoms with Crippen LogP contribution in [-0.4, -0.2) is 20.1 Å². The Morgan fingerprint density at radius 2 is 1.86 bits per heavy atom. The lowest BCUT2D eigenvalue weighted by atomic mass is 10.1. The van der Waals surface area contributed by atoms with Crippen molar-refractivity contribution in [1.82, 2.24) is 0 Å². The fraction of sp³-hybridized carbons (Fsp3) is 0.500. The van der Waals surface area contributed by atoms with E-state index >= 15 is 0 Å². The van der Waals surface area contributed by atoms with Gasteiger partial charge in [-0.2, -0.15) is 0 Å². The third-order valence-corrected chi connectivity index (χ3v) is 2.59. The molecule has 0 fully saturated rings. The van der Waals surface area contributed by atoms with Gasteiger partial charge in [0.25, 0.3) is 0 Å². The van der Waals surface area contributed by atoms with Crippen molar-refractivity contribution in [3.8, 4) is 0 Å². The van der Waals surface area contributed by atoms with Crippen molar-refractivity contribution in [2.24, 2.45) is 0 Å². The molecule has 0 radical (unpaired) electrons. The molecule has 0 aliphatic rings. The molecule has 2 nitrogen and oxygen atoms in total. The summed E-state index contributed by atoms with van der Waals surface area (Å²) in [7, 11) is 1.95. The summed E-state index contributed by atoms with van der Waals surface area (Å²) in [4.78, 5) is 2.37. The fourth-order valence-electron chi connectivity index (χ4n) is 1.73. The zero-order valence-corrected chi connectivity index (χ0v) is 9.59. The van der Waals surface area contributed by atoms with E-state index in [0.29, 0.717) is 0 Å². The largest absolute Gasteiger partial charge is 0.388 e. The summed E-state index contributed by atoms with van der Waals surface area (Å²) in [5.74, 6) is 0. The van der Waals surface area contributed by atoms with Gasteiger partial charge < -0.3 is 10.2 Å². The number of hydrogen-bond donors (Lipinski definition) is 1. The van der Waals surface area contributed by atoms with Crippen LogP contribution < -0.4 is 10.2 Å². The van der Waals surface area contributed by atoms with E-state index in [0.717, 1.165) is 13.1 Å². The molecule has 14 heavy (non-hydrogen) atoms. The quantitative estimate of drug-likeness (QED) is 0.789. The van der Waals surface area contributed by atoms with Crippen molar-refractivity contribution in [2.45, 2.75) is 20.8 Å². The Balaban J connectivity index is 2.98. The van der Waals surface area contributed by atoms with Crippen LogP contribution in [0, 0.1) is 6.92 Å². The minimum Gasteiger partial charge on any atom is -0.388 e. The topological polar surface area (TPSA) is 15.3 Å². The van der Waals surface area contributed by atoms with Crippen LogP contribution in [0.3, 0.4) is 0 Å². The monoisotopic (exact) mass is 192 g/mol. The van der Waals surface area contributed by atoms with Crippen LogP contribution in [0.15, 0.2) is 18.2 Å². The van der Waals surface area contributed by atoms with Gasteiger partial charge in [0.05, 0.1) is 0 Å². The van der Waals surface area contributed by atoms with Gasteiger partial charge in [-0.25, -0.2) is 0 Å². The molecule has 0 atom stereocenters. The molecule has 1 rings (SSSR count). The standard InChI is InChI=1S/C12H20N2/c1-5-14(6-2)12-8-7-11(13-4)9-10(12)3/h7-9,13H,5-6H2,1-4H3. The molecule has 0 amide bonds. The number of rotatable bonds is 4. The third kappa shape index (κ3) is 2.19. The third-order valence-electron chi connectivity index (χ3n) is 2.59. The summed E-state index contributed by atoms with van der Waals surface area (Å²) in [5.41, 5.74) is 3.85. The Hall–Kier alpha value is -1.18. The first-order chi connectivity index (χ1) is 6.72. The van der Waals surface area contributed by atoms with E-state index in [4.69, 9.17) is 0 Å². The molecule has 0 unspecified atom stereocenters. The van der Waals surface area contributed by atoms with Gasteiger partial charge in [0.2, 0.25) is 0 Å². The lowest BCUT2D eigenvalue weighted by Crippen LogP contribution is -2.22.